The number of piperidine rings is 1. The van der Waals surface area contributed by atoms with Crippen molar-refractivity contribution in [2.24, 2.45) is 0 Å². The first-order valence-electron chi connectivity index (χ1n) is 8.06. The van der Waals surface area contributed by atoms with Gasteiger partial charge in [-0.3, -0.25) is 9.89 Å². The average Bonchev–Trinajstić information content (AvgIpc) is 3.18. The Morgan fingerprint density at radius 2 is 2.19 bits per heavy atom. The van der Waals surface area contributed by atoms with Gasteiger partial charge in [0.1, 0.15) is 5.82 Å². The van der Waals surface area contributed by atoms with E-state index in [1.807, 2.05) is 4.90 Å². The normalized spacial score (nSPS) is 23.7. The van der Waals surface area contributed by atoms with Gasteiger partial charge in [-0.05, 0) is 25.7 Å². The number of aromatic nitrogens is 3. The highest BCUT2D eigenvalue weighted by atomic mass is 16.5. The van der Waals surface area contributed by atoms with Crippen molar-refractivity contribution in [1.82, 2.24) is 20.1 Å². The topological polar surface area (TPSA) is 71.1 Å². The van der Waals surface area contributed by atoms with E-state index in [0.717, 1.165) is 63.4 Å². The quantitative estimate of drug-likeness (QED) is 0.916. The fourth-order valence-corrected chi connectivity index (χ4v) is 3.17. The highest BCUT2D eigenvalue weighted by molar-refractivity contribution is 5.76. The van der Waals surface area contributed by atoms with Gasteiger partial charge in [-0.25, -0.2) is 4.98 Å². The zero-order valence-corrected chi connectivity index (χ0v) is 12.7. The van der Waals surface area contributed by atoms with E-state index in [0.29, 0.717) is 12.3 Å². The zero-order valence-electron chi connectivity index (χ0n) is 12.7. The van der Waals surface area contributed by atoms with E-state index in [1.54, 1.807) is 0 Å². The average molecular weight is 292 g/mol. The summed E-state index contributed by atoms with van der Waals surface area (Å²) >= 11 is 0. The highest BCUT2D eigenvalue weighted by Crippen LogP contribution is 2.26. The van der Waals surface area contributed by atoms with Crippen LogP contribution in [0.1, 0.15) is 56.6 Å². The van der Waals surface area contributed by atoms with Crippen molar-refractivity contribution in [3.63, 3.8) is 0 Å². The minimum absolute atomic E-state index is 0.148. The molecule has 6 heteroatoms. The number of H-pyrrole nitrogens is 1. The Bertz CT molecular complexity index is 474. The van der Waals surface area contributed by atoms with Crippen LogP contribution >= 0.6 is 0 Å². The van der Waals surface area contributed by atoms with Crippen molar-refractivity contribution in [3.05, 3.63) is 11.6 Å². The minimum Gasteiger partial charge on any atom is -0.378 e. The number of hydrogen-bond donors (Lipinski definition) is 1. The van der Waals surface area contributed by atoms with Gasteiger partial charge in [-0.2, -0.15) is 5.10 Å². The summed E-state index contributed by atoms with van der Waals surface area (Å²) in [5.41, 5.74) is 0. The van der Waals surface area contributed by atoms with Crippen LogP contribution in [0.2, 0.25) is 0 Å². The van der Waals surface area contributed by atoms with E-state index in [-0.39, 0.29) is 12.0 Å². The van der Waals surface area contributed by atoms with Crippen molar-refractivity contribution < 1.29 is 9.53 Å². The molecule has 1 aromatic heterocycles. The maximum absolute atomic E-state index is 12.3. The molecule has 0 aliphatic carbocycles. The molecule has 3 heterocycles. The summed E-state index contributed by atoms with van der Waals surface area (Å²) in [7, 11) is 0. The molecule has 2 fully saturated rings. The van der Waals surface area contributed by atoms with Crippen LogP contribution in [0, 0.1) is 0 Å². The Morgan fingerprint density at radius 1 is 1.38 bits per heavy atom. The van der Waals surface area contributed by atoms with Crippen molar-refractivity contribution in [1.29, 1.82) is 0 Å². The first-order chi connectivity index (χ1) is 10.3. The molecule has 1 atom stereocenters. The van der Waals surface area contributed by atoms with Crippen LogP contribution in [0.25, 0.3) is 0 Å². The van der Waals surface area contributed by atoms with E-state index in [9.17, 15) is 4.79 Å². The van der Waals surface area contributed by atoms with E-state index in [4.69, 9.17) is 4.74 Å². The summed E-state index contributed by atoms with van der Waals surface area (Å²) in [6.45, 7) is 4.50. The number of carbonyl (C=O) groups is 1. The monoisotopic (exact) mass is 292 g/mol. The molecule has 3 rings (SSSR count). The fourth-order valence-electron chi connectivity index (χ4n) is 3.17. The lowest BCUT2D eigenvalue weighted by atomic mass is 9.95. The summed E-state index contributed by atoms with van der Waals surface area (Å²) in [6.07, 6.45) is 5.60. The lowest BCUT2D eigenvalue weighted by molar-refractivity contribution is -0.134. The number of aromatic amines is 1. The number of hydrogen-bond acceptors (Lipinski definition) is 4. The van der Waals surface area contributed by atoms with Crippen molar-refractivity contribution >= 4 is 5.91 Å². The lowest BCUT2D eigenvalue weighted by Crippen LogP contribution is -2.39. The van der Waals surface area contributed by atoms with Gasteiger partial charge in [0, 0.05) is 32.0 Å². The number of amides is 1. The Labute approximate surface area is 125 Å². The van der Waals surface area contributed by atoms with Gasteiger partial charge >= 0.3 is 0 Å². The highest BCUT2D eigenvalue weighted by Gasteiger charge is 2.28. The lowest BCUT2D eigenvalue weighted by Gasteiger charge is -2.31. The number of rotatable bonds is 4. The number of nitrogens with zero attached hydrogens (tertiary/aromatic N) is 3. The number of nitrogens with one attached hydrogen (secondary N) is 1. The summed E-state index contributed by atoms with van der Waals surface area (Å²) in [5.74, 6) is 2.48. The van der Waals surface area contributed by atoms with Crippen LogP contribution in [0.5, 0.6) is 0 Å². The van der Waals surface area contributed by atoms with Gasteiger partial charge in [-0.15, -0.1) is 0 Å². The van der Waals surface area contributed by atoms with E-state index in [1.165, 1.54) is 0 Å². The molecule has 0 bridgehead atoms. The molecule has 2 aliphatic rings. The Kier molecular flexibility index (Phi) is 4.53. The molecule has 1 amide bonds. The Morgan fingerprint density at radius 3 is 2.81 bits per heavy atom. The van der Waals surface area contributed by atoms with Crippen LogP contribution in [0.4, 0.5) is 0 Å². The second-order valence-corrected chi connectivity index (χ2v) is 5.99. The van der Waals surface area contributed by atoms with Crippen LogP contribution in [0.15, 0.2) is 0 Å². The molecular weight excluding hydrogens is 268 g/mol. The molecule has 1 N–H and O–H groups in total. The van der Waals surface area contributed by atoms with Crippen molar-refractivity contribution in [2.75, 3.05) is 19.7 Å². The summed E-state index contributed by atoms with van der Waals surface area (Å²) in [6, 6.07) is 0. The molecule has 0 radical (unpaired) electrons. The van der Waals surface area contributed by atoms with Crippen molar-refractivity contribution in [2.45, 2.75) is 57.5 Å². The molecule has 2 saturated heterocycles. The van der Waals surface area contributed by atoms with Gasteiger partial charge in [-0.1, -0.05) is 6.92 Å². The van der Waals surface area contributed by atoms with Gasteiger partial charge in [0.15, 0.2) is 5.82 Å². The molecule has 0 saturated carbocycles. The number of likely N-dealkylation sites (tertiary alicyclic amines) is 1. The third-order valence-electron chi connectivity index (χ3n) is 4.52. The molecule has 2 aliphatic heterocycles. The van der Waals surface area contributed by atoms with E-state index >= 15 is 0 Å². The number of aryl methyl sites for hydroxylation is 1. The maximum atomic E-state index is 12.3. The molecule has 0 spiro atoms. The molecular formula is C15H24N4O2. The summed E-state index contributed by atoms with van der Waals surface area (Å²) in [4.78, 5) is 18.7. The summed E-state index contributed by atoms with van der Waals surface area (Å²) in [5, 5.41) is 7.28. The second kappa shape index (κ2) is 6.56. The van der Waals surface area contributed by atoms with Crippen LogP contribution in [-0.4, -0.2) is 51.8 Å². The Hall–Kier alpha value is -1.43. The molecule has 1 unspecified atom stereocenters. The van der Waals surface area contributed by atoms with E-state index in [2.05, 4.69) is 22.1 Å². The molecule has 116 valence electrons. The SMILES string of the molecule is CCc1nc(C2CCN(C(=O)CC3CCCO3)CC2)n[nH]1. The Balaban J connectivity index is 1.48. The first kappa shape index (κ1) is 14.5. The summed E-state index contributed by atoms with van der Waals surface area (Å²) < 4.78 is 5.55. The third-order valence-corrected chi connectivity index (χ3v) is 4.52. The predicted octanol–water partition coefficient (Wildman–Crippen LogP) is 1.64. The molecule has 0 aromatic carbocycles. The fraction of sp³-hybridized carbons (Fsp3) is 0.800. The van der Waals surface area contributed by atoms with Gasteiger partial charge in [0.25, 0.3) is 0 Å². The zero-order chi connectivity index (χ0) is 14.7. The maximum Gasteiger partial charge on any atom is 0.225 e. The van der Waals surface area contributed by atoms with E-state index < -0.39 is 0 Å². The predicted molar refractivity (Wildman–Crippen MR) is 77.9 cm³/mol. The first-order valence-corrected chi connectivity index (χ1v) is 8.06. The minimum atomic E-state index is 0.148. The van der Waals surface area contributed by atoms with Gasteiger partial charge < -0.3 is 9.64 Å². The standard InChI is InChI=1S/C15H24N4O2/c1-2-13-16-15(18-17-13)11-5-7-19(8-6-11)14(20)10-12-4-3-9-21-12/h11-12H,2-10H2,1H3,(H,16,17,18). The van der Waals surface area contributed by atoms with Gasteiger partial charge in [0.05, 0.1) is 12.5 Å². The number of ether oxygens (including phenoxy) is 1. The van der Waals surface area contributed by atoms with Crippen LogP contribution in [-0.2, 0) is 16.0 Å². The van der Waals surface area contributed by atoms with Gasteiger partial charge in [0.2, 0.25) is 5.91 Å². The molecule has 21 heavy (non-hydrogen) atoms. The van der Waals surface area contributed by atoms with Crippen LogP contribution in [0.3, 0.4) is 0 Å². The molecule has 1 aromatic rings. The smallest absolute Gasteiger partial charge is 0.225 e. The third kappa shape index (κ3) is 3.43. The largest absolute Gasteiger partial charge is 0.378 e. The molecule has 6 nitrogen and oxygen atoms in total. The van der Waals surface area contributed by atoms with Crippen molar-refractivity contribution in [3.8, 4) is 0 Å². The number of carbonyl (C=O) groups excluding carboxylic acids is 1. The van der Waals surface area contributed by atoms with Crippen LogP contribution < -0.4 is 0 Å². The second-order valence-electron chi connectivity index (χ2n) is 5.99.